The highest BCUT2D eigenvalue weighted by Gasteiger charge is 2.23. The van der Waals surface area contributed by atoms with Crippen molar-refractivity contribution in [1.82, 2.24) is 4.98 Å². The van der Waals surface area contributed by atoms with E-state index in [9.17, 15) is 22.0 Å². The first-order valence-corrected chi connectivity index (χ1v) is 8.24. The van der Waals surface area contributed by atoms with Crippen LogP contribution in [0.4, 0.5) is 14.5 Å². The van der Waals surface area contributed by atoms with E-state index in [1.807, 2.05) is 4.72 Å². The Labute approximate surface area is 138 Å². The number of hydrogen-bond donors (Lipinski definition) is 1. The standard InChI is InChI=1S/C13H9BrF2N2O4S/c1-22-13(19)8-3-4-9(12(16)11(8)15)18-23(20,21)10-5-2-7(14)6-17-10/h2-6,18H,1H3. The van der Waals surface area contributed by atoms with Gasteiger partial charge in [-0.15, -0.1) is 0 Å². The van der Waals surface area contributed by atoms with E-state index in [2.05, 4.69) is 25.7 Å². The van der Waals surface area contributed by atoms with Crippen molar-refractivity contribution < 1.29 is 26.7 Å². The molecule has 0 atom stereocenters. The number of anilines is 1. The summed E-state index contributed by atoms with van der Waals surface area (Å²) in [6.07, 6.45) is 1.24. The Bertz CT molecular complexity index is 857. The van der Waals surface area contributed by atoms with Crippen molar-refractivity contribution in [2.75, 3.05) is 11.8 Å². The smallest absolute Gasteiger partial charge is 0.340 e. The molecule has 2 aromatic rings. The lowest BCUT2D eigenvalue weighted by molar-refractivity contribution is 0.0594. The van der Waals surface area contributed by atoms with Gasteiger partial charge in [0.25, 0.3) is 10.0 Å². The number of sulfonamides is 1. The van der Waals surface area contributed by atoms with Crippen LogP contribution < -0.4 is 4.72 Å². The largest absolute Gasteiger partial charge is 0.465 e. The van der Waals surface area contributed by atoms with Crippen molar-refractivity contribution in [3.05, 3.63) is 52.1 Å². The van der Waals surface area contributed by atoms with Gasteiger partial charge in [-0.1, -0.05) is 0 Å². The predicted octanol–water partition coefficient (Wildman–Crippen LogP) is 2.71. The van der Waals surface area contributed by atoms with Crippen LogP contribution in [-0.2, 0) is 14.8 Å². The van der Waals surface area contributed by atoms with Crippen molar-refractivity contribution >= 4 is 37.6 Å². The summed E-state index contributed by atoms with van der Waals surface area (Å²) in [5, 5.41) is -0.377. The van der Waals surface area contributed by atoms with Gasteiger partial charge in [-0.25, -0.2) is 18.6 Å². The van der Waals surface area contributed by atoms with Crippen LogP contribution in [0.2, 0.25) is 0 Å². The molecule has 6 nitrogen and oxygen atoms in total. The van der Waals surface area contributed by atoms with Gasteiger partial charge in [0, 0.05) is 10.7 Å². The average Bonchev–Trinajstić information content (AvgIpc) is 2.51. The summed E-state index contributed by atoms with van der Waals surface area (Å²) in [6, 6.07) is 4.44. The second-order valence-corrected chi connectivity index (χ2v) is 6.75. The van der Waals surface area contributed by atoms with E-state index in [-0.39, 0.29) is 5.03 Å². The minimum Gasteiger partial charge on any atom is -0.465 e. The predicted molar refractivity (Wildman–Crippen MR) is 80.4 cm³/mol. The Morgan fingerprint density at radius 2 is 1.91 bits per heavy atom. The van der Waals surface area contributed by atoms with Crippen LogP contribution >= 0.6 is 15.9 Å². The van der Waals surface area contributed by atoms with Crippen LogP contribution in [0, 0.1) is 11.6 Å². The molecule has 1 aromatic heterocycles. The molecular formula is C13H9BrF2N2O4S. The Kier molecular flexibility index (Phi) is 4.95. The molecule has 0 bridgehead atoms. The average molecular weight is 407 g/mol. The molecule has 0 unspecified atom stereocenters. The molecule has 2 rings (SSSR count). The lowest BCUT2D eigenvalue weighted by atomic mass is 10.2. The first kappa shape index (κ1) is 17.3. The van der Waals surface area contributed by atoms with Crippen LogP contribution in [0.25, 0.3) is 0 Å². The third kappa shape index (κ3) is 3.64. The topological polar surface area (TPSA) is 85.4 Å². The van der Waals surface area contributed by atoms with E-state index in [1.165, 1.54) is 18.3 Å². The van der Waals surface area contributed by atoms with Crippen molar-refractivity contribution in [3.8, 4) is 0 Å². The number of halogens is 3. The summed E-state index contributed by atoms with van der Waals surface area (Å²) >= 11 is 3.10. The summed E-state index contributed by atoms with van der Waals surface area (Å²) in [4.78, 5) is 14.9. The maximum absolute atomic E-state index is 13.9. The van der Waals surface area contributed by atoms with E-state index in [1.54, 1.807) is 0 Å². The lowest BCUT2D eigenvalue weighted by Gasteiger charge is -2.10. The van der Waals surface area contributed by atoms with Gasteiger partial charge in [0.05, 0.1) is 18.4 Å². The third-order valence-electron chi connectivity index (χ3n) is 2.71. The Morgan fingerprint density at radius 3 is 2.48 bits per heavy atom. The highest BCUT2D eigenvalue weighted by molar-refractivity contribution is 9.10. The molecule has 0 saturated carbocycles. The van der Waals surface area contributed by atoms with Crippen molar-refractivity contribution in [1.29, 1.82) is 0 Å². The van der Waals surface area contributed by atoms with E-state index < -0.39 is 38.9 Å². The van der Waals surface area contributed by atoms with E-state index in [0.29, 0.717) is 4.47 Å². The molecule has 0 aliphatic carbocycles. The molecule has 1 heterocycles. The second kappa shape index (κ2) is 6.59. The summed E-state index contributed by atoms with van der Waals surface area (Å²) in [6.45, 7) is 0. The minimum absolute atomic E-state index is 0.377. The number of ether oxygens (including phenoxy) is 1. The summed E-state index contributed by atoms with van der Waals surface area (Å²) < 4.78 is 58.6. The third-order valence-corrected chi connectivity index (χ3v) is 4.46. The van der Waals surface area contributed by atoms with Gasteiger partial charge in [0.15, 0.2) is 16.7 Å². The fourth-order valence-electron chi connectivity index (χ4n) is 1.61. The van der Waals surface area contributed by atoms with Gasteiger partial charge >= 0.3 is 5.97 Å². The molecular weight excluding hydrogens is 398 g/mol. The monoisotopic (exact) mass is 406 g/mol. The van der Waals surface area contributed by atoms with Gasteiger partial charge in [-0.05, 0) is 40.2 Å². The Hall–Kier alpha value is -2.07. The van der Waals surface area contributed by atoms with Crippen LogP contribution in [0.5, 0.6) is 0 Å². The van der Waals surface area contributed by atoms with Crippen LogP contribution in [0.1, 0.15) is 10.4 Å². The fraction of sp³-hybridized carbons (Fsp3) is 0.0769. The molecule has 1 aromatic carbocycles. The number of rotatable bonds is 4. The number of methoxy groups -OCH3 is 1. The van der Waals surface area contributed by atoms with Crippen molar-refractivity contribution in [3.63, 3.8) is 0 Å². The number of carbonyl (C=O) groups is 1. The molecule has 0 spiro atoms. The van der Waals surface area contributed by atoms with E-state index >= 15 is 0 Å². The zero-order valence-electron chi connectivity index (χ0n) is 11.5. The number of nitrogens with zero attached hydrogens (tertiary/aromatic N) is 1. The zero-order valence-corrected chi connectivity index (χ0v) is 13.9. The van der Waals surface area contributed by atoms with E-state index in [4.69, 9.17) is 0 Å². The SMILES string of the molecule is COC(=O)c1ccc(NS(=O)(=O)c2ccc(Br)cn2)c(F)c1F. The summed E-state index contributed by atoms with van der Waals surface area (Å²) in [7, 11) is -3.20. The molecule has 10 heteroatoms. The number of nitrogens with one attached hydrogen (secondary N) is 1. The number of benzene rings is 1. The van der Waals surface area contributed by atoms with Gasteiger partial charge in [0.2, 0.25) is 0 Å². The lowest BCUT2D eigenvalue weighted by Crippen LogP contribution is -2.16. The van der Waals surface area contributed by atoms with Gasteiger partial charge in [-0.3, -0.25) is 4.72 Å². The number of esters is 1. The highest BCUT2D eigenvalue weighted by atomic mass is 79.9. The molecule has 0 fully saturated rings. The molecule has 23 heavy (non-hydrogen) atoms. The van der Waals surface area contributed by atoms with Gasteiger partial charge < -0.3 is 4.74 Å². The van der Waals surface area contributed by atoms with Gasteiger partial charge in [0.1, 0.15) is 0 Å². The quantitative estimate of drug-likeness (QED) is 0.788. The molecule has 1 N–H and O–H groups in total. The van der Waals surface area contributed by atoms with Gasteiger partial charge in [-0.2, -0.15) is 8.42 Å². The zero-order chi connectivity index (χ0) is 17.2. The fourth-order valence-corrected chi connectivity index (χ4v) is 2.84. The normalized spacial score (nSPS) is 11.1. The summed E-state index contributed by atoms with van der Waals surface area (Å²) in [5.74, 6) is -4.11. The molecule has 0 radical (unpaired) electrons. The maximum Gasteiger partial charge on any atom is 0.340 e. The highest BCUT2D eigenvalue weighted by Crippen LogP contribution is 2.24. The van der Waals surface area contributed by atoms with Crippen molar-refractivity contribution in [2.24, 2.45) is 0 Å². The first-order valence-electron chi connectivity index (χ1n) is 5.97. The van der Waals surface area contributed by atoms with Crippen molar-refractivity contribution in [2.45, 2.75) is 5.03 Å². The molecule has 122 valence electrons. The number of pyridine rings is 1. The number of carbonyl (C=O) groups excluding carboxylic acids is 1. The number of hydrogen-bond acceptors (Lipinski definition) is 5. The first-order chi connectivity index (χ1) is 10.8. The van der Waals surface area contributed by atoms with Crippen LogP contribution in [0.15, 0.2) is 40.0 Å². The van der Waals surface area contributed by atoms with Crippen LogP contribution in [-0.4, -0.2) is 26.5 Å². The minimum atomic E-state index is -4.21. The Balaban J connectivity index is 2.38. The number of aromatic nitrogens is 1. The molecule has 0 aliphatic heterocycles. The second-order valence-electron chi connectivity index (χ2n) is 4.20. The molecule has 0 saturated heterocycles. The van der Waals surface area contributed by atoms with Crippen LogP contribution in [0.3, 0.4) is 0 Å². The maximum atomic E-state index is 13.9. The molecule has 0 aliphatic rings. The van der Waals surface area contributed by atoms with E-state index in [0.717, 1.165) is 19.2 Å². The summed E-state index contributed by atoms with van der Waals surface area (Å²) in [5.41, 5.74) is -1.30. The molecule has 0 amide bonds. The Morgan fingerprint density at radius 1 is 1.22 bits per heavy atom.